The Balaban J connectivity index is 1.80. The Bertz CT molecular complexity index is 849. The number of ether oxygens (including phenoxy) is 1. The molecule has 1 aromatic heterocycles. The second-order valence-electron chi connectivity index (χ2n) is 5.85. The average molecular weight is 307 g/mol. The van der Waals surface area contributed by atoms with Gasteiger partial charge in [-0.25, -0.2) is 0 Å². The minimum Gasteiger partial charge on any atom is -0.456 e. The first-order valence-electron chi connectivity index (χ1n) is 8.31. The van der Waals surface area contributed by atoms with Crippen LogP contribution in [0.3, 0.4) is 0 Å². The van der Waals surface area contributed by atoms with E-state index >= 15 is 0 Å². The molecule has 4 heteroatoms. The van der Waals surface area contributed by atoms with Crippen molar-refractivity contribution in [1.82, 2.24) is 14.7 Å². The molecule has 2 aromatic carbocycles. The van der Waals surface area contributed by atoms with Crippen LogP contribution in [-0.2, 0) is 6.54 Å². The third-order valence-corrected chi connectivity index (χ3v) is 4.62. The smallest absolute Gasteiger partial charge is 0.139 e. The van der Waals surface area contributed by atoms with Gasteiger partial charge < -0.3 is 9.64 Å². The number of fused-ring (bicyclic) bond motifs is 2. The molecule has 2 heterocycles. The van der Waals surface area contributed by atoms with Crippen LogP contribution in [-0.4, -0.2) is 34.3 Å². The molecular weight excluding hydrogens is 286 g/mol. The Kier molecular flexibility index (Phi) is 3.54. The van der Waals surface area contributed by atoms with Crippen molar-refractivity contribution < 1.29 is 4.74 Å². The number of nitrogens with zero attached hydrogens (tertiary/aromatic N) is 3. The Labute approximate surface area is 136 Å². The number of likely N-dealkylation sites (N-methyl/N-ethyl adjacent to an activating group) is 1. The van der Waals surface area contributed by atoms with Crippen molar-refractivity contribution in [3.63, 3.8) is 0 Å². The summed E-state index contributed by atoms with van der Waals surface area (Å²) in [5.41, 5.74) is 3.27. The van der Waals surface area contributed by atoms with E-state index in [4.69, 9.17) is 9.84 Å². The lowest BCUT2D eigenvalue weighted by atomic mass is 10.0. The van der Waals surface area contributed by atoms with Crippen LogP contribution in [0.4, 0.5) is 0 Å². The van der Waals surface area contributed by atoms with Crippen molar-refractivity contribution in [1.29, 1.82) is 0 Å². The van der Waals surface area contributed by atoms with Gasteiger partial charge in [-0.3, -0.25) is 4.68 Å². The van der Waals surface area contributed by atoms with E-state index < -0.39 is 0 Å². The van der Waals surface area contributed by atoms with Crippen molar-refractivity contribution in [2.24, 2.45) is 0 Å². The van der Waals surface area contributed by atoms with Crippen LogP contribution in [0.25, 0.3) is 22.2 Å². The predicted molar refractivity (Wildman–Crippen MR) is 93.0 cm³/mol. The molecule has 0 atom stereocenters. The van der Waals surface area contributed by atoms with Crippen LogP contribution in [0, 0.1) is 0 Å². The fraction of sp³-hybridized carbons (Fsp3) is 0.316. The highest BCUT2D eigenvalue weighted by Gasteiger charge is 2.24. The fourth-order valence-electron chi connectivity index (χ4n) is 3.29. The van der Waals surface area contributed by atoms with Gasteiger partial charge in [-0.15, -0.1) is 0 Å². The van der Waals surface area contributed by atoms with Crippen LogP contribution in [0.2, 0.25) is 0 Å². The molecule has 23 heavy (non-hydrogen) atoms. The van der Waals surface area contributed by atoms with Crippen molar-refractivity contribution >= 4 is 10.9 Å². The van der Waals surface area contributed by atoms with Crippen LogP contribution in [0.1, 0.15) is 13.8 Å². The van der Waals surface area contributed by atoms with Gasteiger partial charge in [0.15, 0.2) is 0 Å². The number of hydrogen-bond acceptors (Lipinski definition) is 3. The Morgan fingerprint density at radius 1 is 1.00 bits per heavy atom. The summed E-state index contributed by atoms with van der Waals surface area (Å²) in [6, 6.07) is 14.3. The highest BCUT2D eigenvalue weighted by atomic mass is 16.5. The zero-order chi connectivity index (χ0) is 15.8. The summed E-state index contributed by atoms with van der Waals surface area (Å²) in [4.78, 5) is 2.42. The van der Waals surface area contributed by atoms with E-state index in [1.165, 1.54) is 0 Å². The summed E-state index contributed by atoms with van der Waals surface area (Å²) >= 11 is 0. The van der Waals surface area contributed by atoms with Crippen LogP contribution in [0.5, 0.6) is 11.5 Å². The molecule has 4 rings (SSSR count). The Morgan fingerprint density at radius 3 is 2.61 bits per heavy atom. The maximum Gasteiger partial charge on any atom is 0.139 e. The molecule has 0 aliphatic carbocycles. The molecular formula is C19H21N3O. The second-order valence-corrected chi connectivity index (χ2v) is 5.85. The zero-order valence-corrected chi connectivity index (χ0v) is 13.6. The van der Waals surface area contributed by atoms with E-state index in [0.717, 1.165) is 59.8 Å². The molecule has 0 amide bonds. The van der Waals surface area contributed by atoms with Gasteiger partial charge in [0.2, 0.25) is 0 Å². The number of rotatable bonds is 5. The molecule has 0 radical (unpaired) electrons. The SMILES string of the molecule is CCN(CC)CCn1nc2c3c(cccc31)Oc1ccccc1-2. The summed E-state index contributed by atoms with van der Waals surface area (Å²) in [6.45, 7) is 8.44. The summed E-state index contributed by atoms with van der Waals surface area (Å²) in [6.07, 6.45) is 0. The lowest BCUT2D eigenvalue weighted by Crippen LogP contribution is -2.27. The standard InChI is InChI=1S/C19H21N3O/c1-3-21(4-2)12-13-22-15-9-7-11-17-18(15)19(20-22)14-8-5-6-10-16(14)23-17/h5-11H,3-4,12-13H2,1-2H3. The van der Waals surface area contributed by atoms with Crippen LogP contribution < -0.4 is 4.74 Å². The summed E-state index contributed by atoms with van der Waals surface area (Å²) in [5, 5.41) is 6.04. The van der Waals surface area contributed by atoms with Crippen molar-refractivity contribution in [3.05, 3.63) is 42.5 Å². The van der Waals surface area contributed by atoms with Gasteiger partial charge in [0.1, 0.15) is 17.2 Å². The molecule has 0 unspecified atom stereocenters. The second kappa shape index (κ2) is 5.70. The van der Waals surface area contributed by atoms with E-state index in [1.54, 1.807) is 0 Å². The molecule has 0 saturated carbocycles. The summed E-state index contributed by atoms with van der Waals surface area (Å²) in [7, 11) is 0. The first-order valence-corrected chi connectivity index (χ1v) is 8.31. The molecule has 1 aliphatic heterocycles. The minimum atomic E-state index is 0.890. The highest BCUT2D eigenvalue weighted by molar-refractivity contribution is 6.01. The molecule has 3 aromatic rings. The lowest BCUT2D eigenvalue weighted by molar-refractivity contribution is 0.287. The molecule has 0 spiro atoms. The lowest BCUT2D eigenvalue weighted by Gasteiger charge is -2.17. The first kappa shape index (κ1) is 14.3. The maximum absolute atomic E-state index is 6.07. The van der Waals surface area contributed by atoms with Crippen LogP contribution >= 0.6 is 0 Å². The van der Waals surface area contributed by atoms with Gasteiger partial charge in [0.05, 0.1) is 17.4 Å². The van der Waals surface area contributed by atoms with Gasteiger partial charge in [0, 0.05) is 12.1 Å². The Morgan fingerprint density at radius 2 is 1.78 bits per heavy atom. The average Bonchev–Trinajstić information content (AvgIpc) is 2.97. The van der Waals surface area contributed by atoms with Crippen molar-refractivity contribution in [3.8, 4) is 22.8 Å². The van der Waals surface area contributed by atoms with E-state index in [0.29, 0.717) is 0 Å². The molecule has 0 fully saturated rings. The van der Waals surface area contributed by atoms with Crippen molar-refractivity contribution in [2.75, 3.05) is 19.6 Å². The van der Waals surface area contributed by atoms with Gasteiger partial charge in [-0.1, -0.05) is 32.0 Å². The zero-order valence-electron chi connectivity index (χ0n) is 13.6. The monoisotopic (exact) mass is 307 g/mol. The van der Waals surface area contributed by atoms with Gasteiger partial charge >= 0.3 is 0 Å². The summed E-state index contributed by atoms with van der Waals surface area (Å²) in [5.74, 6) is 1.80. The first-order chi connectivity index (χ1) is 11.3. The number of para-hydroxylation sites is 1. The largest absolute Gasteiger partial charge is 0.456 e. The third kappa shape index (κ3) is 2.30. The topological polar surface area (TPSA) is 30.3 Å². The number of hydrogen-bond donors (Lipinski definition) is 0. The molecule has 0 N–H and O–H groups in total. The van der Waals surface area contributed by atoms with E-state index in [2.05, 4.69) is 35.6 Å². The predicted octanol–water partition coefficient (Wildman–Crippen LogP) is 4.15. The van der Waals surface area contributed by atoms with E-state index in [-0.39, 0.29) is 0 Å². The molecule has 0 bridgehead atoms. The van der Waals surface area contributed by atoms with E-state index in [1.807, 2.05) is 30.3 Å². The molecule has 4 nitrogen and oxygen atoms in total. The molecule has 1 aliphatic rings. The third-order valence-electron chi connectivity index (χ3n) is 4.62. The van der Waals surface area contributed by atoms with Crippen molar-refractivity contribution in [2.45, 2.75) is 20.4 Å². The van der Waals surface area contributed by atoms with Gasteiger partial charge in [-0.2, -0.15) is 5.10 Å². The van der Waals surface area contributed by atoms with Gasteiger partial charge in [0.25, 0.3) is 0 Å². The molecule has 118 valence electrons. The fourth-order valence-corrected chi connectivity index (χ4v) is 3.29. The van der Waals surface area contributed by atoms with E-state index in [9.17, 15) is 0 Å². The number of aromatic nitrogens is 2. The highest BCUT2D eigenvalue weighted by Crippen LogP contribution is 2.45. The maximum atomic E-state index is 6.07. The van der Waals surface area contributed by atoms with Gasteiger partial charge in [-0.05, 0) is 37.4 Å². The summed E-state index contributed by atoms with van der Waals surface area (Å²) < 4.78 is 8.19. The minimum absolute atomic E-state index is 0.890. The normalized spacial score (nSPS) is 12.5. The van der Waals surface area contributed by atoms with Crippen LogP contribution in [0.15, 0.2) is 42.5 Å². The molecule has 0 saturated heterocycles. The Hall–Kier alpha value is -2.33. The quantitative estimate of drug-likeness (QED) is 0.555. The number of benzene rings is 2.